The number of carbonyl (C=O) groups is 1. The topological polar surface area (TPSA) is 50.2 Å². The molecule has 0 saturated carbocycles. The third-order valence-electron chi connectivity index (χ3n) is 2.37. The molecule has 0 spiro atoms. The zero-order valence-electron chi connectivity index (χ0n) is 14.3. The third kappa shape index (κ3) is 9.34. The first-order valence-electron chi connectivity index (χ1n) is 7.47. The van der Waals surface area contributed by atoms with Crippen molar-refractivity contribution in [3.63, 3.8) is 0 Å². The highest BCUT2D eigenvalue weighted by molar-refractivity contribution is 5.64. The smallest absolute Gasteiger partial charge is 0.290 e. The molecule has 128 valence electrons. The number of rotatable bonds is 2. The highest BCUT2D eigenvalue weighted by atomic mass is 19.3. The number of hydrogen-bond acceptors (Lipinski definition) is 2. The van der Waals surface area contributed by atoms with Gasteiger partial charge in [-0.15, -0.1) is 0 Å². The maximum absolute atomic E-state index is 12.5. The van der Waals surface area contributed by atoms with Gasteiger partial charge in [0.05, 0.1) is 0 Å². The predicted octanol–water partition coefficient (Wildman–Crippen LogP) is 5.75. The van der Waals surface area contributed by atoms with Crippen LogP contribution in [0.1, 0.15) is 45.4 Å². The molecule has 0 aliphatic heterocycles. The molecule has 0 aliphatic carbocycles. The Bertz CT molecular complexity index is 546. The summed E-state index contributed by atoms with van der Waals surface area (Å²) in [6.45, 7) is 9.63. The standard InChI is InChI=1S/C13H11F2N.2C2H6.CH2O2/c1-9-7-11(5-6-16-9)10-3-2-4-12(8-10)13(14)15;2*1-2;2-1-3/h2-8,13H,1H3;2*1-2H3;1H,(H,2,3). The SMILES string of the molecule is CC.CC.Cc1cc(-c2cccc(C(F)F)c2)ccn1.O=CO. The average molecular weight is 325 g/mol. The molecular formula is C18H25F2NO2. The van der Waals surface area contributed by atoms with Gasteiger partial charge in [0, 0.05) is 17.5 Å². The Labute approximate surface area is 137 Å². The molecule has 23 heavy (non-hydrogen) atoms. The Morgan fingerprint density at radius 2 is 1.57 bits per heavy atom. The molecule has 2 rings (SSSR count). The quantitative estimate of drug-likeness (QED) is 0.715. The van der Waals surface area contributed by atoms with Gasteiger partial charge in [0.2, 0.25) is 0 Å². The Kier molecular flexibility index (Phi) is 14.6. The average Bonchev–Trinajstić information content (AvgIpc) is 2.59. The number of benzene rings is 1. The summed E-state index contributed by atoms with van der Waals surface area (Å²) in [5.41, 5.74) is 2.63. The van der Waals surface area contributed by atoms with Crippen LogP contribution < -0.4 is 0 Å². The minimum absolute atomic E-state index is 0.0481. The number of carboxylic acid groups (broad SMARTS) is 1. The van der Waals surface area contributed by atoms with E-state index in [0.717, 1.165) is 16.8 Å². The minimum atomic E-state index is -2.43. The second-order valence-electron chi connectivity index (χ2n) is 3.72. The van der Waals surface area contributed by atoms with E-state index in [-0.39, 0.29) is 12.0 Å². The lowest BCUT2D eigenvalue weighted by Gasteiger charge is -2.05. The number of pyridine rings is 1. The molecular weight excluding hydrogens is 300 g/mol. The zero-order chi connectivity index (χ0) is 18.3. The molecule has 0 atom stereocenters. The normalized spacial score (nSPS) is 8.52. The van der Waals surface area contributed by atoms with Crippen LogP contribution in [0.15, 0.2) is 42.6 Å². The predicted molar refractivity (Wildman–Crippen MR) is 90.8 cm³/mol. The molecule has 0 amide bonds. The van der Waals surface area contributed by atoms with E-state index in [0.29, 0.717) is 0 Å². The van der Waals surface area contributed by atoms with Crippen molar-refractivity contribution >= 4 is 6.47 Å². The highest BCUT2D eigenvalue weighted by Gasteiger charge is 2.07. The maximum Gasteiger partial charge on any atom is 0.290 e. The summed E-state index contributed by atoms with van der Waals surface area (Å²) in [5.74, 6) is 0. The van der Waals surface area contributed by atoms with E-state index in [2.05, 4.69) is 4.98 Å². The molecule has 0 bridgehead atoms. The second kappa shape index (κ2) is 14.6. The van der Waals surface area contributed by atoms with Crippen LogP contribution in [0.25, 0.3) is 11.1 Å². The zero-order valence-corrected chi connectivity index (χ0v) is 14.3. The summed E-state index contributed by atoms with van der Waals surface area (Å²) in [6.07, 6.45) is -0.748. The van der Waals surface area contributed by atoms with Gasteiger partial charge in [-0.2, -0.15) is 0 Å². The first kappa shape index (κ1) is 23.0. The molecule has 3 nitrogen and oxygen atoms in total. The summed E-state index contributed by atoms with van der Waals surface area (Å²) < 4.78 is 25.1. The summed E-state index contributed by atoms with van der Waals surface area (Å²) in [6, 6.07) is 10.1. The Balaban J connectivity index is 0. The van der Waals surface area contributed by atoms with Crippen molar-refractivity contribution in [2.45, 2.75) is 41.0 Å². The molecule has 0 saturated heterocycles. The Morgan fingerprint density at radius 1 is 1.04 bits per heavy atom. The van der Waals surface area contributed by atoms with Crippen LogP contribution in [0.5, 0.6) is 0 Å². The molecule has 1 N–H and O–H groups in total. The van der Waals surface area contributed by atoms with Gasteiger partial charge in [0.1, 0.15) is 0 Å². The van der Waals surface area contributed by atoms with Crippen LogP contribution in [0.4, 0.5) is 8.78 Å². The van der Waals surface area contributed by atoms with Crippen molar-refractivity contribution in [1.82, 2.24) is 4.98 Å². The monoisotopic (exact) mass is 325 g/mol. The van der Waals surface area contributed by atoms with Crippen LogP contribution in [0, 0.1) is 6.92 Å². The van der Waals surface area contributed by atoms with Crippen LogP contribution in [0.3, 0.4) is 0 Å². The van der Waals surface area contributed by atoms with Gasteiger partial charge in [-0.1, -0.05) is 45.9 Å². The largest absolute Gasteiger partial charge is 0.483 e. The fourth-order valence-corrected chi connectivity index (χ4v) is 1.58. The van der Waals surface area contributed by atoms with E-state index in [1.54, 1.807) is 12.3 Å². The second-order valence-corrected chi connectivity index (χ2v) is 3.72. The van der Waals surface area contributed by atoms with Crippen molar-refractivity contribution in [1.29, 1.82) is 0 Å². The molecule has 0 unspecified atom stereocenters. The lowest BCUT2D eigenvalue weighted by Crippen LogP contribution is -1.87. The van der Waals surface area contributed by atoms with Gasteiger partial charge >= 0.3 is 0 Å². The summed E-state index contributed by atoms with van der Waals surface area (Å²) >= 11 is 0. The lowest BCUT2D eigenvalue weighted by atomic mass is 10.0. The van der Waals surface area contributed by atoms with E-state index in [1.807, 2.05) is 52.8 Å². The van der Waals surface area contributed by atoms with Crippen molar-refractivity contribution < 1.29 is 18.7 Å². The van der Waals surface area contributed by atoms with Gasteiger partial charge in [0.25, 0.3) is 12.9 Å². The summed E-state index contributed by atoms with van der Waals surface area (Å²) in [5, 5.41) is 6.89. The summed E-state index contributed by atoms with van der Waals surface area (Å²) in [4.78, 5) is 12.4. The molecule has 5 heteroatoms. The fourth-order valence-electron chi connectivity index (χ4n) is 1.58. The van der Waals surface area contributed by atoms with Gasteiger partial charge < -0.3 is 5.11 Å². The number of nitrogens with zero attached hydrogens (tertiary/aromatic N) is 1. The summed E-state index contributed by atoms with van der Waals surface area (Å²) in [7, 11) is 0. The molecule has 1 heterocycles. The van der Waals surface area contributed by atoms with Crippen molar-refractivity contribution in [3.05, 3.63) is 53.9 Å². The van der Waals surface area contributed by atoms with Crippen LogP contribution in [-0.2, 0) is 4.79 Å². The number of hydrogen-bond donors (Lipinski definition) is 1. The van der Waals surface area contributed by atoms with Crippen LogP contribution in [-0.4, -0.2) is 16.6 Å². The highest BCUT2D eigenvalue weighted by Crippen LogP contribution is 2.25. The number of aromatic nitrogens is 1. The third-order valence-corrected chi connectivity index (χ3v) is 2.37. The lowest BCUT2D eigenvalue weighted by molar-refractivity contribution is -0.122. The Hall–Kier alpha value is -2.30. The Morgan fingerprint density at radius 3 is 2.04 bits per heavy atom. The number of halogens is 2. The molecule has 0 fully saturated rings. The van der Waals surface area contributed by atoms with Crippen molar-refractivity contribution in [3.8, 4) is 11.1 Å². The van der Waals surface area contributed by atoms with Crippen LogP contribution in [0.2, 0.25) is 0 Å². The van der Waals surface area contributed by atoms with Gasteiger partial charge in [-0.05, 0) is 36.2 Å². The first-order valence-corrected chi connectivity index (χ1v) is 7.47. The molecule has 1 aromatic carbocycles. The van der Waals surface area contributed by atoms with E-state index < -0.39 is 6.43 Å². The van der Waals surface area contributed by atoms with Gasteiger partial charge in [0.15, 0.2) is 0 Å². The fraction of sp³-hybridized carbons (Fsp3) is 0.333. The van der Waals surface area contributed by atoms with E-state index >= 15 is 0 Å². The van der Waals surface area contributed by atoms with Crippen molar-refractivity contribution in [2.75, 3.05) is 0 Å². The van der Waals surface area contributed by atoms with E-state index in [9.17, 15) is 8.78 Å². The molecule has 1 aromatic heterocycles. The number of aryl methyl sites for hydroxylation is 1. The van der Waals surface area contributed by atoms with Gasteiger partial charge in [-0.3, -0.25) is 9.78 Å². The van der Waals surface area contributed by atoms with E-state index in [1.165, 1.54) is 12.1 Å². The first-order chi connectivity index (χ1) is 11.1. The molecule has 0 radical (unpaired) electrons. The van der Waals surface area contributed by atoms with Crippen LogP contribution >= 0.6 is 0 Å². The maximum atomic E-state index is 12.5. The van der Waals surface area contributed by atoms with E-state index in [4.69, 9.17) is 9.90 Å². The molecule has 0 aliphatic rings. The number of alkyl halides is 2. The molecule has 2 aromatic rings. The van der Waals surface area contributed by atoms with Gasteiger partial charge in [-0.25, -0.2) is 8.78 Å². The van der Waals surface area contributed by atoms with Crippen molar-refractivity contribution in [2.24, 2.45) is 0 Å². The minimum Gasteiger partial charge on any atom is -0.483 e.